The Kier molecular flexibility index (Phi) is 3.80. The van der Waals surface area contributed by atoms with Crippen molar-refractivity contribution < 1.29 is 9.13 Å². The van der Waals surface area contributed by atoms with E-state index in [4.69, 9.17) is 4.74 Å². The molecule has 92 valence electrons. The molecule has 1 aliphatic heterocycles. The molecule has 0 aliphatic carbocycles. The van der Waals surface area contributed by atoms with Gasteiger partial charge in [-0.1, -0.05) is 6.07 Å². The molecule has 0 aromatic heterocycles. The predicted octanol–water partition coefficient (Wildman–Crippen LogP) is 1.14. The lowest BCUT2D eigenvalue weighted by molar-refractivity contribution is 0.320. The Morgan fingerprint density at radius 3 is 3.18 bits per heavy atom. The molecule has 4 nitrogen and oxygen atoms in total. The quantitative estimate of drug-likeness (QED) is 0.772. The van der Waals surface area contributed by atoms with Crippen molar-refractivity contribution in [3.8, 4) is 5.75 Å². The van der Waals surface area contributed by atoms with Crippen LogP contribution in [0.15, 0.2) is 29.3 Å². The molecule has 1 unspecified atom stereocenters. The molecule has 0 fully saturated rings. The highest BCUT2D eigenvalue weighted by molar-refractivity contribution is 5.81. The summed E-state index contributed by atoms with van der Waals surface area (Å²) in [4.78, 5) is 4.25. The van der Waals surface area contributed by atoms with Crippen LogP contribution in [0.4, 0.5) is 4.39 Å². The van der Waals surface area contributed by atoms with Crippen LogP contribution < -0.4 is 15.4 Å². The van der Waals surface area contributed by atoms with Crippen LogP contribution in [-0.2, 0) is 0 Å². The standard InChI is InChI=1S/C12H16FN3O/c1-9-8-15-12(16-9)14-5-6-17-11-4-2-3-10(13)7-11/h2-4,7,9H,5-6,8H2,1H3,(H2,14,15,16). The first kappa shape index (κ1) is 11.7. The Balaban J connectivity index is 1.67. The van der Waals surface area contributed by atoms with Crippen molar-refractivity contribution in [2.75, 3.05) is 19.7 Å². The average molecular weight is 237 g/mol. The van der Waals surface area contributed by atoms with E-state index in [0.29, 0.717) is 24.9 Å². The minimum absolute atomic E-state index is 0.286. The fourth-order valence-corrected chi connectivity index (χ4v) is 1.55. The van der Waals surface area contributed by atoms with Gasteiger partial charge >= 0.3 is 0 Å². The van der Waals surface area contributed by atoms with Gasteiger partial charge in [0.05, 0.1) is 13.1 Å². The highest BCUT2D eigenvalue weighted by Crippen LogP contribution is 2.11. The van der Waals surface area contributed by atoms with Crippen molar-refractivity contribution in [3.05, 3.63) is 30.1 Å². The van der Waals surface area contributed by atoms with E-state index in [2.05, 4.69) is 22.5 Å². The Labute approximate surface area is 99.9 Å². The maximum Gasteiger partial charge on any atom is 0.191 e. The second-order valence-corrected chi connectivity index (χ2v) is 3.97. The Hall–Kier alpha value is -1.78. The van der Waals surface area contributed by atoms with Crippen molar-refractivity contribution in [3.63, 3.8) is 0 Å². The number of halogens is 1. The van der Waals surface area contributed by atoms with Crippen LogP contribution in [0.2, 0.25) is 0 Å². The first-order valence-electron chi connectivity index (χ1n) is 5.67. The van der Waals surface area contributed by atoms with Crippen LogP contribution in [0.5, 0.6) is 5.75 Å². The van der Waals surface area contributed by atoms with E-state index >= 15 is 0 Å². The molecule has 2 rings (SSSR count). The molecule has 2 N–H and O–H groups in total. The molecule has 1 atom stereocenters. The number of hydrogen-bond donors (Lipinski definition) is 2. The summed E-state index contributed by atoms with van der Waals surface area (Å²) in [5.41, 5.74) is 0. The van der Waals surface area contributed by atoms with Gasteiger partial charge in [0, 0.05) is 12.1 Å². The summed E-state index contributed by atoms with van der Waals surface area (Å²) in [6, 6.07) is 6.51. The first-order chi connectivity index (χ1) is 8.24. The Morgan fingerprint density at radius 2 is 2.47 bits per heavy atom. The monoisotopic (exact) mass is 237 g/mol. The highest BCUT2D eigenvalue weighted by atomic mass is 19.1. The molecule has 1 aromatic rings. The molecule has 1 aromatic carbocycles. The van der Waals surface area contributed by atoms with E-state index in [1.165, 1.54) is 12.1 Å². The van der Waals surface area contributed by atoms with Gasteiger partial charge in [-0.2, -0.15) is 0 Å². The third kappa shape index (κ3) is 3.62. The minimum atomic E-state index is -0.286. The molecule has 1 aliphatic rings. The van der Waals surface area contributed by atoms with E-state index in [1.807, 2.05) is 0 Å². The van der Waals surface area contributed by atoms with Gasteiger partial charge in [-0.05, 0) is 19.1 Å². The maximum atomic E-state index is 12.8. The van der Waals surface area contributed by atoms with E-state index in [0.717, 1.165) is 12.5 Å². The molecule has 1 heterocycles. The summed E-state index contributed by atoms with van der Waals surface area (Å²) in [6.45, 7) is 3.97. The number of benzene rings is 1. The number of rotatable bonds is 4. The van der Waals surface area contributed by atoms with E-state index in [9.17, 15) is 4.39 Å². The van der Waals surface area contributed by atoms with Crippen LogP contribution >= 0.6 is 0 Å². The molecule has 0 saturated carbocycles. The molecular formula is C12H16FN3O. The Bertz CT molecular complexity index is 408. The molecule has 0 bridgehead atoms. The molecular weight excluding hydrogens is 221 g/mol. The average Bonchev–Trinajstić information content (AvgIpc) is 2.71. The Morgan fingerprint density at radius 1 is 1.59 bits per heavy atom. The normalized spacial score (nSPS) is 18.5. The zero-order chi connectivity index (χ0) is 12.1. The molecule has 0 spiro atoms. The second-order valence-electron chi connectivity index (χ2n) is 3.97. The summed E-state index contributed by atoms with van der Waals surface area (Å²) in [6.07, 6.45) is 0. The van der Waals surface area contributed by atoms with Gasteiger partial charge in [-0.15, -0.1) is 0 Å². The highest BCUT2D eigenvalue weighted by Gasteiger charge is 2.10. The van der Waals surface area contributed by atoms with Gasteiger partial charge in [0.2, 0.25) is 0 Å². The molecule has 0 saturated heterocycles. The van der Waals surface area contributed by atoms with Crippen LogP contribution in [0.1, 0.15) is 6.92 Å². The van der Waals surface area contributed by atoms with E-state index in [1.54, 1.807) is 12.1 Å². The van der Waals surface area contributed by atoms with Crippen molar-refractivity contribution in [1.29, 1.82) is 0 Å². The van der Waals surface area contributed by atoms with E-state index < -0.39 is 0 Å². The number of ether oxygens (including phenoxy) is 1. The number of nitrogens with zero attached hydrogens (tertiary/aromatic N) is 1. The summed E-state index contributed by atoms with van der Waals surface area (Å²) in [5.74, 6) is 1.06. The topological polar surface area (TPSA) is 45.7 Å². The largest absolute Gasteiger partial charge is 0.492 e. The summed E-state index contributed by atoms with van der Waals surface area (Å²) in [7, 11) is 0. The zero-order valence-electron chi connectivity index (χ0n) is 9.74. The number of nitrogens with one attached hydrogen (secondary N) is 2. The van der Waals surface area contributed by atoms with Crippen molar-refractivity contribution in [2.45, 2.75) is 13.0 Å². The van der Waals surface area contributed by atoms with Gasteiger partial charge in [0.15, 0.2) is 5.96 Å². The van der Waals surface area contributed by atoms with Gasteiger partial charge < -0.3 is 15.4 Å². The lowest BCUT2D eigenvalue weighted by Crippen LogP contribution is -2.39. The van der Waals surface area contributed by atoms with Gasteiger partial charge in [-0.25, -0.2) is 4.39 Å². The third-order valence-corrected chi connectivity index (χ3v) is 2.37. The van der Waals surface area contributed by atoms with Crippen LogP contribution in [0.25, 0.3) is 0 Å². The number of guanidine groups is 1. The van der Waals surface area contributed by atoms with Crippen molar-refractivity contribution >= 4 is 5.96 Å². The van der Waals surface area contributed by atoms with Crippen molar-refractivity contribution in [2.24, 2.45) is 4.99 Å². The lowest BCUT2D eigenvalue weighted by Gasteiger charge is -2.09. The molecule has 17 heavy (non-hydrogen) atoms. The van der Waals surface area contributed by atoms with Gasteiger partial charge in [0.1, 0.15) is 18.2 Å². The van der Waals surface area contributed by atoms with Gasteiger partial charge in [-0.3, -0.25) is 4.99 Å². The first-order valence-corrected chi connectivity index (χ1v) is 5.67. The van der Waals surface area contributed by atoms with Crippen molar-refractivity contribution in [1.82, 2.24) is 10.6 Å². The van der Waals surface area contributed by atoms with Gasteiger partial charge in [0.25, 0.3) is 0 Å². The van der Waals surface area contributed by atoms with E-state index in [-0.39, 0.29) is 5.82 Å². The second kappa shape index (κ2) is 5.52. The van der Waals surface area contributed by atoms with Crippen LogP contribution in [0, 0.1) is 5.82 Å². The fourth-order valence-electron chi connectivity index (χ4n) is 1.55. The summed E-state index contributed by atoms with van der Waals surface area (Å²) < 4.78 is 18.2. The number of hydrogen-bond acceptors (Lipinski definition) is 4. The predicted molar refractivity (Wildman–Crippen MR) is 64.8 cm³/mol. The fraction of sp³-hybridized carbons (Fsp3) is 0.417. The zero-order valence-corrected chi connectivity index (χ0v) is 9.74. The summed E-state index contributed by atoms with van der Waals surface area (Å²) in [5, 5.41) is 6.30. The minimum Gasteiger partial charge on any atom is -0.492 e. The van der Waals surface area contributed by atoms with Crippen LogP contribution in [0.3, 0.4) is 0 Å². The smallest absolute Gasteiger partial charge is 0.191 e. The lowest BCUT2D eigenvalue weighted by atomic mass is 10.3. The van der Waals surface area contributed by atoms with Crippen LogP contribution in [-0.4, -0.2) is 31.7 Å². The number of aliphatic imine (C=N–C) groups is 1. The molecule has 5 heteroatoms. The molecule has 0 amide bonds. The summed E-state index contributed by atoms with van der Waals surface area (Å²) >= 11 is 0. The SMILES string of the molecule is CC1CN=C(NCCOc2cccc(F)c2)N1. The maximum absolute atomic E-state index is 12.8. The third-order valence-electron chi connectivity index (χ3n) is 2.37. The molecule has 0 radical (unpaired) electrons.